The van der Waals surface area contributed by atoms with Crippen LogP contribution in [0.4, 0.5) is 0 Å². The Labute approximate surface area is 119 Å². The molecule has 18 heavy (non-hydrogen) atoms. The van der Waals surface area contributed by atoms with Crippen LogP contribution in [-0.4, -0.2) is 8.42 Å². The fraction of sp³-hybridized carbons (Fsp3) is 0. The molecule has 2 aromatic rings. The van der Waals surface area contributed by atoms with Crippen molar-refractivity contribution in [1.29, 1.82) is 0 Å². The van der Waals surface area contributed by atoms with Gasteiger partial charge in [-0.3, -0.25) is 0 Å². The molecular weight excluding hydrogens is 359 g/mol. The van der Waals surface area contributed by atoms with Crippen LogP contribution in [-0.2, 0) is 9.84 Å². The van der Waals surface area contributed by atoms with Crippen molar-refractivity contribution in [3.63, 3.8) is 0 Å². The largest absolute Gasteiger partial charge is 0.218 e. The van der Waals surface area contributed by atoms with Crippen molar-refractivity contribution in [1.82, 2.24) is 0 Å². The van der Waals surface area contributed by atoms with Gasteiger partial charge in [0.2, 0.25) is 9.84 Å². The van der Waals surface area contributed by atoms with E-state index >= 15 is 0 Å². The van der Waals surface area contributed by atoms with Crippen molar-refractivity contribution in [3.8, 4) is 11.8 Å². The molecule has 88 valence electrons. The van der Waals surface area contributed by atoms with Crippen LogP contribution < -0.4 is 0 Å². The lowest BCUT2D eigenvalue weighted by atomic mass is 10.2. The predicted octanol–water partition coefficient (Wildman–Crippen LogP) is 2.84. The summed E-state index contributed by atoms with van der Waals surface area (Å²) in [6.45, 7) is 0. The maximum Gasteiger partial charge on any atom is 0.209 e. The fourth-order valence-corrected chi connectivity index (χ4v) is 3.93. The highest BCUT2D eigenvalue weighted by atomic mass is 127. The molecule has 1 heterocycles. The number of hydrogen-bond acceptors (Lipinski definition) is 2. The van der Waals surface area contributed by atoms with Gasteiger partial charge in [-0.05, 0) is 52.9 Å². The third kappa shape index (κ3) is 1.74. The average molecular weight is 366 g/mol. The SMILES string of the molecule is O=S1(=O)c2ccccc2C#Cc2cc(I)ccc21. The first kappa shape index (κ1) is 11.8. The van der Waals surface area contributed by atoms with E-state index in [1.54, 1.807) is 42.5 Å². The molecule has 0 fully saturated rings. The summed E-state index contributed by atoms with van der Waals surface area (Å²) in [5.41, 5.74) is 1.13. The van der Waals surface area contributed by atoms with Gasteiger partial charge in [-0.15, -0.1) is 0 Å². The molecule has 0 aliphatic carbocycles. The van der Waals surface area contributed by atoms with E-state index in [1.165, 1.54) is 0 Å². The van der Waals surface area contributed by atoms with Crippen LogP contribution in [0.25, 0.3) is 0 Å². The maximum atomic E-state index is 12.5. The first-order valence-electron chi connectivity index (χ1n) is 5.25. The summed E-state index contributed by atoms with van der Waals surface area (Å²) in [7, 11) is -3.48. The number of fused-ring (bicyclic) bond motifs is 2. The minimum absolute atomic E-state index is 0.289. The van der Waals surface area contributed by atoms with Gasteiger partial charge < -0.3 is 0 Å². The maximum absolute atomic E-state index is 12.5. The van der Waals surface area contributed by atoms with Gasteiger partial charge in [0, 0.05) is 14.7 Å². The van der Waals surface area contributed by atoms with Gasteiger partial charge in [0.05, 0.1) is 9.79 Å². The molecule has 0 spiro atoms. The molecule has 0 bridgehead atoms. The monoisotopic (exact) mass is 366 g/mol. The van der Waals surface area contributed by atoms with Crippen LogP contribution >= 0.6 is 22.6 Å². The zero-order valence-corrected chi connectivity index (χ0v) is 12.1. The van der Waals surface area contributed by atoms with Crippen molar-refractivity contribution in [2.75, 3.05) is 0 Å². The lowest BCUT2D eigenvalue weighted by molar-refractivity contribution is 0.596. The summed E-state index contributed by atoms with van der Waals surface area (Å²) < 4.78 is 26.1. The zero-order valence-electron chi connectivity index (χ0n) is 9.14. The highest BCUT2D eigenvalue weighted by molar-refractivity contribution is 14.1. The fourth-order valence-electron chi connectivity index (χ4n) is 1.89. The predicted molar refractivity (Wildman–Crippen MR) is 77.0 cm³/mol. The molecule has 0 unspecified atom stereocenters. The van der Waals surface area contributed by atoms with E-state index in [0.717, 1.165) is 3.57 Å². The number of halogens is 1. The van der Waals surface area contributed by atoms with Gasteiger partial charge in [0.25, 0.3) is 0 Å². The molecular formula is C14H7IO2S. The Bertz CT molecular complexity index is 811. The third-order valence-corrected chi connectivity index (χ3v) is 5.28. The number of rotatable bonds is 0. The zero-order chi connectivity index (χ0) is 12.8. The Balaban J connectivity index is 2.43. The van der Waals surface area contributed by atoms with E-state index in [-0.39, 0.29) is 4.90 Å². The minimum atomic E-state index is -3.48. The van der Waals surface area contributed by atoms with Gasteiger partial charge in [-0.25, -0.2) is 8.42 Å². The number of hydrogen-bond donors (Lipinski definition) is 0. The second-order valence-electron chi connectivity index (χ2n) is 3.89. The van der Waals surface area contributed by atoms with Crippen molar-refractivity contribution >= 4 is 32.4 Å². The van der Waals surface area contributed by atoms with E-state index in [9.17, 15) is 8.42 Å². The van der Waals surface area contributed by atoms with Crippen LogP contribution in [0, 0.1) is 15.4 Å². The van der Waals surface area contributed by atoms with Crippen molar-refractivity contribution in [3.05, 3.63) is 57.2 Å². The van der Waals surface area contributed by atoms with E-state index in [1.807, 2.05) is 0 Å². The summed E-state index contributed by atoms with van der Waals surface area (Å²) in [6, 6.07) is 12.1. The Kier molecular flexibility index (Phi) is 2.68. The van der Waals surface area contributed by atoms with Gasteiger partial charge >= 0.3 is 0 Å². The second-order valence-corrected chi connectivity index (χ2v) is 7.02. The molecule has 0 saturated carbocycles. The Morgan fingerprint density at radius 2 is 1.56 bits per heavy atom. The van der Waals surface area contributed by atoms with E-state index in [0.29, 0.717) is 16.0 Å². The van der Waals surface area contributed by atoms with Crippen molar-refractivity contribution < 1.29 is 8.42 Å². The molecule has 1 aliphatic rings. The van der Waals surface area contributed by atoms with Crippen LogP contribution in [0.1, 0.15) is 11.1 Å². The Hall–Kier alpha value is -1.32. The lowest BCUT2D eigenvalue weighted by Crippen LogP contribution is -2.05. The first-order chi connectivity index (χ1) is 8.59. The van der Waals surface area contributed by atoms with Crippen molar-refractivity contribution in [2.45, 2.75) is 9.79 Å². The third-order valence-electron chi connectivity index (χ3n) is 2.74. The lowest BCUT2D eigenvalue weighted by Gasteiger charge is -2.07. The molecule has 0 aromatic heterocycles. The van der Waals surface area contributed by atoms with Crippen LogP contribution in [0.2, 0.25) is 0 Å². The molecule has 0 radical (unpaired) electrons. The van der Waals surface area contributed by atoms with E-state index in [2.05, 4.69) is 34.4 Å². The molecule has 3 rings (SSSR count). The highest BCUT2D eigenvalue weighted by Gasteiger charge is 2.24. The quantitative estimate of drug-likeness (QED) is 0.453. The topological polar surface area (TPSA) is 34.1 Å². The molecule has 0 amide bonds. The normalized spacial score (nSPS) is 14.7. The molecule has 1 aliphatic heterocycles. The van der Waals surface area contributed by atoms with E-state index < -0.39 is 9.84 Å². The molecule has 0 N–H and O–H groups in total. The Morgan fingerprint density at radius 1 is 0.889 bits per heavy atom. The van der Waals surface area contributed by atoms with Crippen molar-refractivity contribution in [2.24, 2.45) is 0 Å². The average Bonchev–Trinajstić information content (AvgIpc) is 2.46. The summed E-state index contributed by atoms with van der Waals surface area (Å²) >= 11 is 2.15. The molecule has 4 heteroatoms. The number of sulfone groups is 1. The van der Waals surface area contributed by atoms with E-state index in [4.69, 9.17) is 0 Å². The van der Waals surface area contributed by atoms with Crippen LogP contribution in [0.3, 0.4) is 0 Å². The van der Waals surface area contributed by atoms with Crippen LogP contribution in [0.15, 0.2) is 52.3 Å². The van der Waals surface area contributed by atoms with Gasteiger partial charge in [-0.1, -0.05) is 24.0 Å². The first-order valence-corrected chi connectivity index (χ1v) is 7.81. The van der Waals surface area contributed by atoms with Gasteiger partial charge in [0.15, 0.2) is 0 Å². The molecule has 0 saturated heterocycles. The smallest absolute Gasteiger partial charge is 0.209 e. The van der Waals surface area contributed by atoms with Gasteiger partial charge in [-0.2, -0.15) is 0 Å². The van der Waals surface area contributed by atoms with Gasteiger partial charge in [0.1, 0.15) is 0 Å². The standard InChI is InChI=1S/C14H7IO2S/c15-12-7-8-14-11(9-12)6-5-10-3-1-2-4-13(10)18(14,16)17/h1-4,7-9H. The molecule has 2 aromatic carbocycles. The Morgan fingerprint density at radius 3 is 2.39 bits per heavy atom. The molecule has 2 nitrogen and oxygen atoms in total. The minimum Gasteiger partial charge on any atom is -0.218 e. The summed E-state index contributed by atoms with van der Waals surface area (Å²) in [6.07, 6.45) is 0. The van der Waals surface area contributed by atoms with Crippen LogP contribution in [0.5, 0.6) is 0 Å². The summed E-state index contributed by atoms with van der Waals surface area (Å²) in [4.78, 5) is 0.581. The summed E-state index contributed by atoms with van der Waals surface area (Å²) in [5.74, 6) is 5.88. The number of benzene rings is 2. The highest BCUT2D eigenvalue weighted by Crippen LogP contribution is 2.29. The second kappa shape index (κ2) is 4.11. The molecule has 0 atom stereocenters. The summed E-state index contributed by atoms with van der Waals surface area (Å²) in [5, 5.41) is 0.